The predicted molar refractivity (Wildman–Crippen MR) is 147 cm³/mol. The summed E-state index contributed by atoms with van der Waals surface area (Å²) in [6, 6.07) is 18.9. The van der Waals surface area contributed by atoms with Crippen LogP contribution in [0.1, 0.15) is 78.8 Å². The van der Waals surface area contributed by atoms with Crippen molar-refractivity contribution >= 4 is 28.3 Å². The quantitative estimate of drug-likeness (QED) is 0.308. The van der Waals surface area contributed by atoms with Crippen molar-refractivity contribution in [1.82, 2.24) is 9.97 Å². The number of allylic oxidation sites excluding steroid dienone is 1. The minimum atomic E-state index is 0.591. The normalized spacial score (nSPS) is 12.5. The number of hydrogen-bond acceptors (Lipinski definition) is 3. The average Bonchev–Trinajstić information content (AvgIpc) is 3.24. The Morgan fingerprint density at radius 1 is 0.943 bits per heavy atom. The van der Waals surface area contributed by atoms with Gasteiger partial charge >= 0.3 is 0 Å². The second-order valence-electron chi connectivity index (χ2n) is 8.05. The molecule has 0 radical (unpaired) electrons. The first-order valence-electron chi connectivity index (χ1n) is 12.6. The molecule has 1 aliphatic rings. The van der Waals surface area contributed by atoms with Crippen LogP contribution in [-0.4, -0.2) is 23.4 Å². The van der Waals surface area contributed by atoms with Gasteiger partial charge in [-0.2, -0.15) is 0 Å². The van der Waals surface area contributed by atoms with Crippen LogP contribution in [0.15, 0.2) is 60.8 Å². The van der Waals surface area contributed by atoms with E-state index in [0.717, 1.165) is 47.6 Å². The lowest BCUT2D eigenvalue weighted by molar-refractivity contribution is 0.112. The Morgan fingerprint density at radius 3 is 2.43 bits per heavy atom. The fourth-order valence-corrected chi connectivity index (χ4v) is 4.65. The second-order valence-corrected chi connectivity index (χ2v) is 8.05. The van der Waals surface area contributed by atoms with E-state index in [9.17, 15) is 4.79 Å². The number of ether oxygens (including phenoxy) is 1. The molecule has 4 heteroatoms. The monoisotopic (exact) mass is 468 g/mol. The Morgan fingerprint density at radius 2 is 1.71 bits per heavy atom. The maximum absolute atomic E-state index is 11.2. The highest BCUT2D eigenvalue weighted by Gasteiger charge is 2.22. The molecule has 0 unspecified atom stereocenters. The van der Waals surface area contributed by atoms with Crippen molar-refractivity contribution in [2.24, 2.45) is 0 Å². The smallest absolute Gasteiger partial charge is 0.213 e. The molecule has 1 N–H and O–H groups in total. The van der Waals surface area contributed by atoms with E-state index in [1.54, 1.807) is 7.11 Å². The number of aromatic nitrogens is 2. The molecule has 4 aromatic rings. The number of fused-ring (bicyclic) bond motifs is 2. The van der Waals surface area contributed by atoms with Crippen LogP contribution in [0.4, 0.5) is 0 Å². The number of pyridine rings is 1. The van der Waals surface area contributed by atoms with Gasteiger partial charge in [0.2, 0.25) is 5.88 Å². The molecule has 2 aromatic carbocycles. The van der Waals surface area contributed by atoms with E-state index < -0.39 is 0 Å². The van der Waals surface area contributed by atoms with E-state index in [-0.39, 0.29) is 0 Å². The Kier molecular flexibility index (Phi) is 9.02. The molecule has 0 saturated heterocycles. The molecular formula is C31H36N2O2. The van der Waals surface area contributed by atoms with Gasteiger partial charge in [-0.25, -0.2) is 4.98 Å². The molecule has 182 valence electrons. The number of methoxy groups -OCH3 is 1. The summed E-state index contributed by atoms with van der Waals surface area (Å²) in [6.07, 6.45) is 5.84. The number of aldehydes is 1. The predicted octanol–water partition coefficient (Wildman–Crippen LogP) is 8.04. The van der Waals surface area contributed by atoms with E-state index in [1.807, 2.05) is 40.0 Å². The molecule has 0 aliphatic heterocycles. The number of benzene rings is 2. The highest BCUT2D eigenvalue weighted by atomic mass is 16.5. The van der Waals surface area contributed by atoms with Gasteiger partial charge in [-0.3, -0.25) is 4.79 Å². The first-order valence-corrected chi connectivity index (χ1v) is 12.6. The highest BCUT2D eigenvalue weighted by Crippen LogP contribution is 2.41. The molecule has 0 spiro atoms. The summed E-state index contributed by atoms with van der Waals surface area (Å²) in [5.41, 5.74) is 10.2. The van der Waals surface area contributed by atoms with Gasteiger partial charge < -0.3 is 9.72 Å². The molecule has 4 nitrogen and oxygen atoms in total. The fourth-order valence-electron chi connectivity index (χ4n) is 4.65. The van der Waals surface area contributed by atoms with Gasteiger partial charge in [0.15, 0.2) is 6.29 Å². The molecule has 35 heavy (non-hydrogen) atoms. The van der Waals surface area contributed by atoms with Crippen molar-refractivity contribution < 1.29 is 9.53 Å². The lowest BCUT2D eigenvalue weighted by Crippen LogP contribution is -1.99. The van der Waals surface area contributed by atoms with Crippen molar-refractivity contribution in [1.29, 1.82) is 0 Å². The number of aryl methyl sites for hydroxylation is 2. The minimum Gasteiger partial charge on any atom is -0.481 e. The summed E-state index contributed by atoms with van der Waals surface area (Å²) in [5, 5.41) is 1.03. The van der Waals surface area contributed by atoms with Crippen LogP contribution in [0.5, 0.6) is 5.88 Å². The summed E-state index contributed by atoms with van der Waals surface area (Å²) in [6.45, 7) is 10.2. The molecule has 2 aromatic heterocycles. The van der Waals surface area contributed by atoms with Crippen molar-refractivity contribution in [3.05, 3.63) is 94.3 Å². The van der Waals surface area contributed by atoms with E-state index in [0.29, 0.717) is 11.6 Å². The Labute approximate surface area is 209 Å². The molecule has 5 rings (SSSR count). The van der Waals surface area contributed by atoms with Gasteiger partial charge in [0.05, 0.1) is 12.8 Å². The number of carbonyl (C=O) groups is 1. The Hall–Kier alpha value is -3.66. The van der Waals surface area contributed by atoms with Crippen molar-refractivity contribution in [3.8, 4) is 5.88 Å². The zero-order chi connectivity index (χ0) is 25.4. The lowest BCUT2D eigenvalue weighted by atomic mass is 9.87. The van der Waals surface area contributed by atoms with Crippen LogP contribution in [-0.2, 0) is 6.42 Å². The van der Waals surface area contributed by atoms with E-state index in [1.165, 1.54) is 27.8 Å². The van der Waals surface area contributed by atoms with Gasteiger partial charge in [0, 0.05) is 28.7 Å². The van der Waals surface area contributed by atoms with Gasteiger partial charge in [-0.1, -0.05) is 58.0 Å². The van der Waals surface area contributed by atoms with Crippen molar-refractivity contribution in [2.45, 2.75) is 53.9 Å². The average molecular weight is 469 g/mol. The number of nitrogens with one attached hydrogen (secondary N) is 1. The highest BCUT2D eigenvalue weighted by molar-refractivity contribution is 6.02. The van der Waals surface area contributed by atoms with Gasteiger partial charge in [-0.05, 0) is 77.8 Å². The summed E-state index contributed by atoms with van der Waals surface area (Å²) < 4.78 is 5.40. The molecular weight excluding hydrogens is 432 g/mol. The number of hydrogen-bond donors (Lipinski definition) is 1. The summed E-state index contributed by atoms with van der Waals surface area (Å²) >= 11 is 0. The SMILES string of the molecule is CC.CC.COc1cc2c(cn1)C(c1ccc3[nH]c(C=O)cc3c1)=C(c1ccccc1C)CCC2. The van der Waals surface area contributed by atoms with Gasteiger partial charge in [-0.15, -0.1) is 0 Å². The van der Waals surface area contributed by atoms with Crippen LogP contribution in [0.2, 0.25) is 0 Å². The molecule has 0 amide bonds. The van der Waals surface area contributed by atoms with Crippen LogP contribution in [0.25, 0.3) is 22.0 Å². The van der Waals surface area contributed by atoms with Crippen LogP contribution >= 0.6 is 0 Å². The van der Waals surface area contributed by atoms with E-state index in [2.05, 4.69) is 65.4 Å². The second kappa shape index (κ2) is 12.2. The van der Waals surface area contributed by atoms with Crippen LogP contribution in [0, 0.1) is 6.92 Å². The zero-order valence-electron chi connectivity index (χ0n) is 21.7. The largest absolute Gasteiger partial charge is 0.481 e. The third-order valence-corrected chi connectivity index (χ3v) is 6.15. The zero-order valence-corrected chi connectivity index (χ0v) is 21.7. The topological polar surface area (TPSA) is 55.0 Å². The first-order chi connectivity index (χ1) is 17.2. The molecule has 0 atom stereocenters. The maximum atomic E-state index is 11.2. The molecule has 0 fully saturated rings. The fraction of sp³-hybridized carbons (Fsp3) is 0.290. The molecule has 0 bridgehead atoms. The van der Waals surface area contributed by atoms with Gasteiger partial charge in [0.25, 0.3) is 0 Å². The number of carbonyl (C=O) groups excluding carboxylic acids is 1. The first kappa shape index (κ1) is 26.0. The number of rotatable bonds is 4. The summed E-state index contributed by atoms with van der Waals surface area (Å²) in [4.78, 5) is 19.0. The number of nitrogens with zero attached hydrogens (tertiary/aromatic N) is 1. The Balaban J connectivity index is 0.000000815. The molecule has 2 heterocycles. The third kappa shape index (κ3) is 5.37. The third-order valence-electron chi connectivity index (χ3n) is 6.15. The van der Waals surface area contributed by atoms with Crippen LogP contribution in [0.3, 0.4) is 0 Å². The van der Waals surface area contributed by atoms with Crippen molar-refractivity contribution in [3.63, 3.8) is 0 Å². The van der Waals surface area contributed by atoms with Crippen molar-refractivity contribution in [2.75, 3.05) is 7.11 Å². The minimum absolute atomic E-state index is 0.591. The summed E-state index contributed by atoms with van der Waals surface area (Å²) in [5.74, 6) is 0.647. The Bertz CT molecular complexity index is 1330. The number of aromatic amines is 1. The van der Waals surface area contributed by atoms with E-state index in [4.69, 9.17) is 4.74 Å². The maximum Gasteiger partial charge on any atom is 0.213 e. The van der Waals surface area contributed by atoms with Crippen LogP contribution < -0.4 is 4.74 Å². The molecule has 0 saturated carbocycles. The summed E-state index contributed by atoms with van der Waals surface area (Å²) in [7, 11) is 1.66. The number of H-pyrrole nitrogens is 1. The van der Waals surface area contributed by atoms with E-state index >= 15 is 0 Å². The lowest BCUT2D eigenvalue weighted by Gasteiger charge is -2.18. The van der Waals surface area contributed by atoms with Gasteiger partial charge in [0.1, 0.15) is 0 Å². The standard InChI is InChI=1S/C27H24N2O2.2C2H6/c1-17-6-3-4-8-22(17)23-9-5-7-18-14-26(31-2)28-15-24(18)27(23)19-10-11-25-20(12-19)13-21(16-30)29-25;2*1-2/h3-4,6,8,10-16,29H,5,7,9H2,1-2H3;2*1-2H3. The molecule has 1 aliphatic carbocycles.